The second-order valence-corrected chi connectivity index (χ2v) is 3.85. The number of aromatic nitrogens is 1. The molecule has 1 heterocycles. The normalized spacial score (nSPS) is 10.1. The molecule has 0 saturated heterocycles. The van der Waals surface area contributed by atoms with Gasteiger partial charge in [0.15, 0.2) is 0 Å². The van der Waals surface area contributed by atoms with Crippen molar-refractivity contribution in [2.45, 2.75) is 6.54 Å². The Morgan fingerprint density at radius 1 is 1.33 bits per heavy atom. The fourth-order valence-corrected chi connectivity index (χ4v) is 1.74. The van der Waals surface area contributed by atoms with Gasteiger partial charge in [0.25, 0.3) is 0 Å². The van der Waals surface area contributed by atoms with Crippen LogP contribution in [-0.2, 0) is 11.3 Å². The maximum absolute atomic E-state index is 10.4. The van der Waals surface area contributed by atoms with Crippen LogP contribution in [0.5, 0.6) is 5.75 Å². The van der Waals surface area contributed by atoms with Gasteiger partial charge in [0.05, 0.1) is 12.8 Å². The van der Waals surface area contributed by atoms with Crippen LogP contribution in [0.15, 0.2) is 36.5 Å². The molecule has 0 saturated carbocycles. The van der Waals surface area contributed by atoms with Crippen molar-refractivity contribution >= 4 is 17.9 Å². The average molecular weight is 245 g/mol. The van der Waals surface area contributed by atoms with E-state index in [0.29, 0.717) is 24.5 Å². The van der Waals surface area contributed by atoms with Crippen molar-refractivity contribution in [3.05, 3.63) is 42.1 Å². The number of carbonyl (C=O) groups is 1. The Balaban J connectivity index is 2.15. The zero-order valence-corrected chi connectivity index (χ0v) is 10.1. The van der Waals surface area contributed by atoms with Gasteiger partial charge in [0.1, 0.15) is 11.6 Å². The van der Waals surface area contributed by atoms with E-state index in [9.17, 15) is 4.79 Å². The molecule has 0 spiro atoms. The van der Waals surface area contributed by atoms with E-state index in [1.807, 2.05) is 35.0 Å². The smallest absolute Gasteiger partial charge is 0.211 e. The predicted molar refractivity (Wildman–Crippen MR) is 70.6 cm³/mol. The molecule has 2 aromatic rings. The zero-order chi connectivity index (χ0) is 13.0. The first-order valence-corrected chi connectivity index (χ1v) is 5.52. The van der Waals surface area contributed by atoms with Crippen LogP contribution in [0.2, 0.25) is 0 Å². The molecule has 0 bridgehead atoms. The number of nitrogens with zero attached hydrogens (tertiary/aromatic N) is 1. The van der Waals surface area contributed by atoms with Crippen LogP contribution in [0.3, 0.4) is 0 Å². The highest BCUT2D eigenvalue weighted by atomic mass is 16.5. The van der Waals surface area contributed by atoms with Crippen molar-refractivity contribution in [1.29, 1.82) is 0 Å². The lowest BCUT2D eigenvalue weighted by Gasteiger charge is -2.08. The minimum atomic E-state index is 0.540. The van der Waals surface area contributed by atoms with Crippen LogP contribution in [0.1, 0.15) is 5.56 Å². The number of nitrogen functional groups attached to an aromatic ring is 1. The van der Waals surface area contributed by atoms with Gasteiger partial charge in [-0.05, 0) is 23.8 Å². The van der Waals surface area contributed by atoms with Gasteiger partial charge in [-0.25, -0.2) is 0 Å². The Kier molecular flexibility index (Phi) is 3.52. The number of hydrogen-bond donors (Lipinski definition) is 2. The highest BCUT2D eigenvalue weighted by Gasteiger charge is 2.05. The van der Waals surface area contributed by atoms with Gasteiger partial charge in [-0.2, -0.15) is 0 Å². The predicted octanol–water partition coefficient (Wildman–Crippen LogP) is 1.70. The maximum atomic E-state index is 10.4. The summed E-state index contributed by atoms with van der Waals surface area (Å²) in [4.78, 5) is 10.4. The summed E-state index contributed by atoms with van der Waals surface area (Å²) in [5, 5.41) is 2.55. The molecule has 0 unspecified atom stereocenters. The number of amides is 1. The molecule has 0 aliphatic rings. The van der Waals surface area contributed by atoms with E-state index in [1.54, 1.807) is 13.2 Å². The van der Waals surface area contributed by atoms with E-state index in [4.69, 9.17) is 10.5 Å². The Labute approximate surface area is 105 Å². The number of ether oxygens (including phenoxy) is 1. The van der Waals surface area contributed by atoms with E-state index in [1.165, 1.54) is 0 Å². The average Bonchev–Trinajstić information content (AvgIpc) is 2.73. The number of rotatable bonds is 5. The Morgan fingerprint density at radius 3 is 2.67 bits per heavy atom. The third kappa shape index (κ3) is 2.45. The van der Waals surface area contributed by atoms with Gasteiger partial charge in [-0.3, -0.25) is 4.79 Å². The van der Waals surface area contributed by atoms with Crippen molar-refractivity contribution < 1.29 is 9.53 Å². The van der Waals surface area contributed by atoms with Gasteiger partial charge in [0, 0.05) is 12.7 Å². The molecular formula is C13H15N3O2. The number of anilines is 2. The molecule has 94 valence electrons. The molecule has 0 radical (unpaired) electrons. The van der Waals surface area contributed by atoms with Crippen LogP contribution in [0.4, 0.5) is 11.5 Å². The topological polar surface area (TPSA) is 69.3 Å². The highest BCUT2D eigenvalue weighted by molar-refractivity contribution is 5.78. The first-order valence-electron chi connectivity index (χ1n) is 5.52. The molecule has 3 N–H and O–H groups in total. The van der Waals surface area contributed by atoms with Crippen LogP contribution in [-0.4, -0.2) is 18.1 Å². The molecular weight excluding hydrogens is 230 g/mol. The minimum absolute atomic E-state index is 0.540. The molecule has 0 aliphatic heterocycles. The second kappa shape index (κ2) is 5.27. The van der Waals surface area contributed by atoms with E-state index in [-0.39, 0.29) is 0 Å². The van der Waals surface area contributed by atoms with Crippen molar-refractivity contribution in [1.82, 2.24) is 4.57 Å². The monoisotopic (exact) mass is 245 g/mol. The molecule has 5 nitrogen and oxygen atoms in total. The molecule has 0 fully saturated rings. The maximum Gasteiger partial charge on any atom is 0.211 e. The second-order valence-electron chi connectivity index (χ2n) is 3.85. The van der Waals surface area contributed by atoms with Crippen LogP contribution in [0, 0.1) is 0 Å². The quantitative estimate of drug-likeness (QED) is 0.788. The summed E-state index contributed by atoms with van der Waals surface area (Å²) in [5.41, 5.74) is 7.64. The molecule has 0 atom stereocenters. The molecule has 2 rings (SSSR count). The van der Waals surface area contributed by atoms with E-state index in [0.717, 1.165) is 11.3 Å². The standard InChI is InChI=1S/C13H15N3O2/c1-18-11-4-2-10(3-5-11)8-16-7-6-12(13(16)14)15-9-17/h2-7,9H,8,14H2,1H3,(H,15,17). The zero-order valence-electron chi connectivity index (χ0n) is 10.1. The fraction of sp³-hybridized carbons (Fsp3) is 0.154. The molecule has 1 amide bonds. The lowest BCUT2D eigenvalue weighted by atomic mass is 10.2. The summed E-state index contributed by atoms with van der Waals surface area (Å²) in [7, 11) is 1.64. The fourth-order valence-electron chi connectivity index (χ4n) is 1.74. The number of nitrogens with two attached hydrogens (primary N) is 1. The summed E-state index contributed by atoms with van der Waals surface area (Å²) in [6.07, 6.45) is 2.45. The lowest BCUT2D eigenvalue weighted by molar-refractivity contribution is -0.105. The lowest BCUT2D eigenvalue weighted by Crippen LogP contribution is -2.05. The minimum Gasteiger partial charge on any atom is -0.497 e. The molecule has 18 heavy (non-hydrogen) atoms. The summed E-state index contributed by atoms with van der Waals surface area (Å²) in [6, 6.07) is 9.53. The summed E-state index contributed by atoms with van der Waals surface area (Å²) >= 11 is 0. The number of benzene rings is 1. The van der Waals surface area contributed by atoms with Gasteiger partial charge < -0.3 is 20.4 Å². The molecule has 5 heteroatoms. The summed E-state index contributed by atoms with van der Waals surface area (Å²) in [5.74, 6) is 1.36. The van der Waals surface area contributed by atoms with Crippen molar-refractivity contribution in [2.24, 2.45) is 0 Å². The van der Waals surface area contributed by atoms with Crippen molar-refractivity contribution in [3.8, 4) is 5.75 Å². The van der Waals surface area contributed by atoms with E-state index in [2.05, 4.69) is 5.32 Å². The third-order valence-electron chi connectivity index (χ3n) is 2.73. The molecule has 1 aromatic carbocycles. The van der Waals surface area contributed by atoms with Gasteiger partial charge >= 0.3 is 0 Å². The van der Waals surface area contributed by atoms with Crippen molar-refractivity contribution in [3.63, 3.8) is 0 Å². The SMILES string of the molecule is COc1ccc(Cn2ccc(NC=O)c2N)cc1. The first kappa shape index (κ1) is 12.0. The number of methoxy groups -OCH3 is 1. The molecule has 0 aliphatic carbocycles. The van der Waals surface area contributed by atoms with Crippen LogP contribution in [0.25, 0.3) is 0 Å². The van der Waals surface area contributed by atoms with E-state index >= 15 is 0 Å². The summed E-state index contributed by atoms with van der Waals surface area (Å²) < 4.78 is 6.97. The van der Waals surface area contributed by atoms with Gasteiger partial charge in [-0.1, -0.05) is 12.1 Å². The number of hydrogen-bond acceptors (Lipinski definition) is 3. The Bertz CT molecular complexity index is 532. The van der Waals surface area contributed by atoms with Crippen LogP contribution < -0.4 is 15.8 Å². The number of nitrogens with one attached hydrogen (secondary N) is 1. The molecule has 1 aromatic heterocycles. The summed E-state index contributed by atoms with van der Waals surface area (Å²) in [6.45, 7) is 0.649. The van der Waals surface area contributed by atoms with Gasteiger partial charge in [-0.15, -0.1) is 0 Å². The van der Waals surface area contributed by atoms with Gasteiger partial charge in [0.2, 0.25) is 6.41 Å². The Morgan fingerprint density at radius 2 is 2.06 bits per heavy atom. The largest absolute Gasteiger partial charge is 0.497 e. The Hall–Kier alpha value is -2.43. The van der Waals surface area contributed by atoms with Crippen LogP contribution >= 0.6 is 0 Å². The van der Waals surface area contributed by atoms with E-state index < -0.39 is 0 Å². The third-order valence-corrected chi connectivity index (χ3v) is 2.73. The van der Waals surface area contributed by atoms with Crippen molar-refractivity contribution in [2.75, 3.05) is 18.2 Å². The highest BCUT2D eigenvalue weighted by Crippen LogP contribution is 2.21. The number of carbonyl (C=O) groups excluding carboxylic acids is 1. The first-order chi connectivity index (χ1) is 8.74.